The first kappa shape index (κ1) is 24.3. The van der Waals surface area contributed by atoms with Crippen LogP contribution in [0.25, 0.3) is 11.3 Å². The normalized spacial score (nSPS) is 12.9. The third kappa shape index (κ3) is 9.44. The molecule has 0 bridgehead atoms. The highest BCUT2D eigenvalue weighted by molar-refractivity contribution is 7.14. The van der Waals surface area contributed by atoms with Crippen LogP contribution >= 0.6 is 11.3 Å². The Hall–Kier alpha value is -1.76. The van der Waals surface area contributed by atoms with Crippen molar-refractivity contribution in [3.05, 3.63) is 35.2 Å². The van der Waals surface area contributed by atoms with Crippen LogP contribution in [0.1, 0.15) is 53.0 Å². The summed E-state index contributed by atoms with van der Waals surface area (Å²) in [6, 6.07) is 8.08. The lowest BCUT2D eigenvalue weighted by Crippen LogP contribution is -2.21. The van der Waals surface area contributed by atoms with Gasteiger partial charge in [-0.1, -0.05) is 44.5 Å². The van der Waals surface area contributed by atoms with Crippen LogP contribution < -0.4 is 11.1 Å². The Morgan fingerprint density at radius 1 is 1.25 bits per heavy atom. The number of hydrogen-bond donors (Lipinski definition) is 2. The van der Waals surface area contributed by atoms with E-state index in [9.17, 15) is 4.79 Å². The number of nitrogens with one attached hydrogen (secondary N) is 1. The standard InChI is InChI=1S/C12H13N3OS.C10H22O/c1-8-3-2-4-9(5-8)10-7-17-12(14-10)15-11(16)6-13;1-6-9(4)11-10(5)7-8(2)3/h2-5,7H,6,13H2,1H3,(H,14,15,16);8-10H,6-7H2,1-5H3. The summed E-state index contributed by atoms with van der Waals surface area (Å²) in [6.07, 6.45) is 3.13. The number of nitrogens with zero attached hydrogens (tertiary/aromatic N) is 1. The zero-order valence-corrected chi connectivity index (χ0v) is 18.8. The van der Waals surface area contributed by atoms with Crippen LogP contribution in [0.15, 0.2) is 29.6 Å². The molecule has 156 valence electrons. The Morgan fingerprint density at radius 2 is 1.96 bits per heavy atom. The highest BCUT2D eigenvalue weighted by Crippen LogP contribution is 2.25. The largest absolute Gasteiger partial charge is 0.376 e. The summed E-state index contributed by atoms with van der Waals surface area (Å²) in [7, 11) is 0. The molecular formula is C22H35N3O2S. The van der Waals surface area contributed by atoms with Crippen molar-refractivity contribution in [2.24, 2.45) is 11.7 Å². The monoisotopic (exact) mass is 405 g/mol. The minimum absolute atomic E-state index is 0.0284. The number of amides is 1. The highest BCUT2D eigenvalue weighted by Gasteiger charge is 2.08. The molecule has 2 unspecified atom stereocenters. The van der Waals surface area contributed by atoms with Crippen molar-refractivity contribution in [3.63, 3.8) is 0 Å². The lowest BCUT2D eigenvalue weighted by molar-refractivity contribution is -0.114. The second-order valence-corrected chi connectivity index (χ2v) is 8.31. The summed E-state index contributed by atoms with van der Waals surface area (Å²) in [5, 5.41) is 5.14. The lowest BCUT2D eigenvalue weighted by Gasteiger charge is -2.19. The Bertz CT molecular complexity index is 715. The third-order valence-corrected chi connectivity index (χ3v) is 4.85. The van der Waals surface area contributed by atoms with E-state index in [-0.39, 0.29) is 12.5 Å². The SMILES string of the molecule is CCC(C)OC(C)CC(C)C.Cc1cccc(-c2csc(NC(=O)CN)n2)c1. The Balaban J connectivity index is 0.000000311. The van der Waals surface area contributed by atoms with Crippen LogP contribution in [0, 0.1) is 12.8 Å². The van der Waals surface area contributed by atoms with E-state index in [1.54, 1.807) is 0 Å². The Kier molecular flexibility index (Phi) is 11.0. The molecular weight excluding hydrogens is 370 g/mol. The van der Waals surface area contributed by atoms with E-state index in [4.69, 9.17) is 10.5 Å². The van der Waals surface area contributed by atoms with Crippen molar-refractivity contribution >= 4 is 22.4 Å². The predicted molar refractivity (Wildman–Crippen MR) is 120 cm³/mol. The maximum atomic E-state index is 11.1. The number of carbonyl (C=O) groups is 1. The van der Waals surface area contributed by atoms with Crippen LogP contribution in [-0.4, -0.2) is 29.6 Å². The number of anilines is 1. The third-order valence-electron chi connectivity index (χ3n) is 4.09. The number of thiazole rings is 1. The van der Waals surface area contributed by atoms with Crippen molar-refractivity contribution in [2.45, 2.75) is 66.6 Å². The van der Waals surface area contributed by atoms with Gasteiger partial charge in [-0.15, -0.1) is 11.3 Å². The van der Waals surface area contributed by atoms with Crippen LogP contribution in [0.4, 0.5) is 5.13 Å². The number of hydrogen-bond acceptors (Lipinski definition) is 5. The second-order valence-electron chi connectivity index (χ2n) is 7.45. The Labute approximate surface area is 173 Å². The maximum absolute atomic E-state index is 11.1. The van der Waals surface area contributed by atoms with E-state index in [0.717, 1.165) is 23.6 Å². The minimum atomic E-state index is -0.227. The smallest absolute Gasteiger partial charge is 0.239 e. The molecule has 1 aromatic carbocycles. The number of aromatic nitrogens is 1. The van der Waals surface area contributed by atoms with E-state index < -0.39 is 0 Å². The van der Waals surface area contributed by atoms with Gasteiger partial charge in [-0.3, -0.25) is 4.79 Å². The number of benzene rings is 1. The first-order chi connectivity index (χ1) is 13.2. The van der Waals surface area contributed by atoms with Gasteiger partial charge in [-0.2, -0.15) is 0 Å². The van der Waals surface area contributed by atoms with Gasteiger partial charge in [0.2, 0.25) is 5.91 Å². The molecule has 1 heterocycles. The molecule has 0 saturated carbocycles. The van der Waals surface area contributed by atoms with Gasteiger partial charge in [0.05, 0.1) is 24.4 Å². The number of rotatable bonds is 8. The van der Waals surface area contributed by atoms with Crippen LogP contribution in [-0.2, 0) is 9.53 Å². The summed E-state index contributed by atoms with van der Waals surface area (Å²) in [5.41, 5.74) is 8.32. The Morgan fingerprint density at radius 3 is 2.54 bits per heavy atom. The minimum Gasteiger partial charge on any atom is -0.376 e. The highest BCUT2D eigenvalue weighted by atomic mass is 32.1. The predicted octanol–water partition coefficient (Wildman–Crippen LogP) is 5.25. The van der Waals surface area contributed by atoms with Gasteiger partial charge in [-0.05, 0) is 45.6 Å². The molecule has 0 aliphatic carbocycles. The fraction of sp³-hybridized carbons (Fsp3) is 0.545. The average Bonchev–Trinajstić information content (AvgIpc) is 3.09. The summed E-state index contributed by atoms with van der Waals surface area (Å²) < 4.78 is 5.71. The molecule has 0 radical (unpaired) electrons. The van der Waals surface area contributed by atoms with E-state index in [1.807, 2.05) is 30.5 Å². The van der Waals surface area contributed by atoms with Crippen molar-refractivity contribution in [3.8, 4) is 11.3 Å². The van der Waals surface area contributed by atoms with Gasteiger partial charge in [0.15, 0.2) is 5.13 Å². The first-order valence-electron chi connectivity index (χ1n) is 9.93. The van der Waals surface area contributed by atoms with Crippen molar-refractivity contribution in [2.75, 3.05) is 11.9 Å². The summed E-state index contributed by atoms with van der Waals surface area (Å²) in [6.45, 7) is 12.9. The molecule has 2 aromatic rings. The summed E-state index contributed by atoms with van der Waals surface area (Å²) in [4.78, 5) is 15.5. The van der Waals surface area contributed by atoms with Crippen molar-refractivity contribution < 1.29 is 9.53 Å². The molecule has 5 nitrogen and oxygen atoms in total. The molecule has 1 amide bonds. The molecule has 3 N–H and O–H groups in total. The number of carbonyl (C=O) groups excluding carboxylic acids is 1. The first-order valence-corrected chi connectivity index (χ1v) is 10.8. The molecule has 28 heavy (non-hydrogen) atoms. The zero-order chi connectivity index (χ0) is 21.1. The van der Waals surface area contributed by atoms with Crippen LogP contribution in [0.2, 0.25) is 0 Å². The lowest BCUT2D eigenvalue weighted by atomic mass is 10.1. The van der Waals surface area contributed by atoms with Gasteiger partial charge in [0.25, 0.3) is 0 Å². The topological polar surface area (TPSA) is 77.2 Å². The molecule has 0 saturated heterocycles. The molecule has 0 aliphatic rings. The van der Waals surface area contributed by atoms with Gasteiger partial charge < -0.3 is 15.8 Å². The van der Waals surface area contributed by atoms with Crippen molar-refractivity contribution in [1.82, 2.24) is 4.98 Å². The van der Waals surface area contributed by atoms with Gasteiger partial charge >= 0.3 is 0 Å². The quantitative estimate of drug-likeness (QED) is 0.628. The van der Waals surface area contributed by atoms with E-state index >= 15 is 0 Å². The number of ether oxygens (including phenoxy) is 1. The molecule has 0 spiro atoms. The molecule has 1 aromatic heterocycles. The fourth-order valence-corrected chi connectivity index (χ4v) is 3.39. The van der Waals surface area contributed by atoms with E-state index in [1.165, 1.54) is 23.3 Å². The van der Waals surface area contributed by atoms with Crippen LogP contribution in [0.3, 0.4) is 0 Å². The van der Waals surface area contributed by atoms with Gasteiger partial charge in [-0.25, -0.2) is 4.98 Å². The number of nitrogens with two attached hydrogens (primary N) is 1. The zero-order valence-electron chi connectivity index (χ0n) is 18.0. The molecule has 6 heteroatoms. The molecule has 2 atom stereocenters. The second kappa shape index (κ2) is 12.6. The van der Waals surface area contributed by atoms with Crippen molar-refractivity contribution in [1.29, 1.82) is 0 Å². The van der Waals surface area contributed by atoms with Crippen LogP contribution in [0.5, 0.6) is 0 Å². The van der Waals surface area contributed by atoms with Gasteiger partial charge in [0.1, 0.15) is 0 Å². The molecule has 0 fully saturated rings. The summed E-state index contributed by atoms with van der Waals surface area (Å²) in [5.74, 6) is 0.518. The maximum Gasteiger partial charge on any atom is 0.239 e. The number of aryl methyl sites for hydroxylation is 1. The van der Waals surface area contributed by atoms with E-state index in [2.05, 4.69) is 51.0 Å². The van der Waals surface area contributed by atoms with Gasteiger partial charge in [0, 0.05) is 10.9 Å². The molecule has 0 aliphatic heterocycles. The fourth-order valence-electron chi connectivity index (χ4n) is 2.65. The average molecular weight is 406 g/mol. The van der Waals surface area contributed by atoms with E-state index in [0.29, 0.717) is 17.3 Å². The summed E-state index contributed by atoms with van der Waals surface area (Å²) >= 11 is 1.40. The molecule has 2 rings (SSSR count).